The quantitative estimate of drug-likeness (QED) is 0.852. The van der Waals surface area contributed by atoms with Crippen molar-refractivity contribution >= 4 is 11.6 Å². The Hall–Kier alpha value is -2.44. The van der Waals surface area contributed by atoms with Gasteiger partial charge in [-0.15, -0.1) is 0 Å². The van der Waals surface area contributed by atoms with E-state index in [1.54, 1.807) is 6.33 Å². The Kier molecular flexibility index (Phi) is 3.94. The van der Waals surface area contributed by atoms with Crippen molar-refractivity contribution in [2.24, 2.45) is 0 Å². The maximum absolute atomic E-state index is 12.8. The van der Waals surface area contributed by atoms with Crippen LogP contribution in [0.4, 0.5) is 5.69 Å². The first-order valence-electron chi connectivity index (χ1n) is 8.81. The van der Waals surface area contributed by atoms with Gasteiger partial charge in [-0.2, -0.15) is 0 Å². The molecule has 0 aliphatic carbocycles. The molecule has 0 aromatic carbocycles. The number of carbonyl (C=O) groups is 1. The molecule has 0 radical (unpaired) electrons. The highest BCUT2D eigenvalue weighted by atomic mass is 16.5. The molecule has 7 nitrogen and oxygen atoms in total. The number of hydrogen-bond donors (Lipinski definition) is 0. The van der Waals surface area contributed by atoms with Crippen LogP contribution in [0.25, 0.3) is 0 Å². The summed E-state index contributed by atoms with van der Waals surface area (Å²) < 4.78 is 5.25. The van der Waals surface area contributed by atoms with E-state index in [1.807, 2.05) is 31.1 Å². The first kappa shape index (κ1) is 16.1. The second kappa shape index (κ2) is 6.13. The molecule has 2 saturated heterocycles. The van der Waals surface area contributed by atoms with E-state index in [0.717, 1.165) is 55.1 Å². The number of hydrogen-bond acceptors (Lipinski definition) is 6. The molecule has 4 rings (SSSR count). The number of aryl methyl sites for hydroxylation is 2. The summed E-state index contributed by atoms with van der Waals surface area (Å²) in [7, 11) is 0. The number of nitrogens with zero attached hydrogens (tertiary/aromatic N) is 5. The smallest absolute Gasteiger partial charge is 0.225 e. The van der Waals surface area contributed by atoms with Crippen LogP contribution >= 0.6 is 0 Å². The van der Waals surface area contributed by atoms with Crippen LogP contribution < -0.4 is 4.90 Å². The average Bonchev–Trinajstić information content (AvgIpc) is 3.10. The Morgan fingerprint density at radius 1 is 1.24 bits per heavy atom. The van der Waals surface area contributed by atoms with Gasteiger partial charge in [0.25, 0.3) is 0 Å². The summed E-state index contributed by atoms with van der Waals surface area (Å²) in [4.78, 5) is 25.4. The van der Waals surface area contributed by atoms with E-state index in [-0.39, 0.29) is 11.4 Å². The number of carbonyl (C=O) groups excluding carboxylic acids is 1. The minimum Gasteiger partial charge on any atom is -0.361 e. The van der Waals surface area contributed by atoms with Crippen molar-refractivity contribution in [2.45, 2.75) is 51.6 Å². The van der Waals surface area contributed by atoms with E-state index < -0.39 is 0 Å². The lowest BCUT2D eigenvalue weighted by Crippen LogP contribution is -2.54. The zero-order chi connectivity index (χ0) is 17.4. The third-order valence-electron chi connectivity index (χ3n) is 5.55. The third-order valence-corrected chi connectivity index (χ3v) is 5.55. The lowest BCUT2D eigenvalue weighted by molar-refractivity contribution is -0.128. The summed E-state index contributed by atoms with van der Waals surface area (Å²) in [6, 6.07) is 0. The van der Waals surface area contributed by atoms with Crippen molar-refractivity contribution < 1.29 is 9.32 Å². The van der Waals surface area contributed by atoms with E-state index in [2.05, 4.69) is 20.0 Å². The second-order valence-electron chi connectivity index (χ2n) is 7.16. The first-order chi connectivity index (χ1) is 12.1. The van der Waals surface area contributed by atoms with Gasteiger partial charge in [-0.25, -0.2) is 9.97 Å². The molecular formula is C18H23N5O2. The number of rotatable bonds is 3. The number of aromatic nitrogens is 3. The van der Waals surface area contributed by atoms with E-state index >= 15 is 0 Å². The highest BCUT2D eigenvalue weighted by Gasteiger charge is 2.48. The maximum Gasteiger partial charge on any atom is 0.225 e. The molecule has 2 aromatic rings. The number of anilines is 1. The second-order valence-corrected chi connectivity index (χ2v) is 7.16. The Bertz CT molecular complexity index is 756. The third kappa shape index (κ3) is 2.77. The molecule has 2 fully saturated rings. The zero-order valence-corrected chi connectivity index (χ0v) is 14.7. The number of likely N-dealkylation sites (tertiary alicyclic amines) is 1. The fourth-order valence-corrected chi connectivity index (χ4v) is 4.23. The van der Waals surface area contributed by atoms with Gasteiger partial charge >= 0.3 is 0 Å². The van der Waals surface area contributed by atoms with Gasteiger partial charge in [-0.3, -0.25) is 4.79 Å². The van der Waals surface area contributed by atoms with Crippen molar-refractivity contribution in [1.29, 1.82) is 0 Å². The van der Waals surface area contributed by atoms with Crippen molar-refractivity contribution in [3.8, 4) is 0 Å². The standard InChI is InChI=1S/C18H23N5O2/c1-13-16(14(2)25-21-13)10-22-11-18(7-17(22)24)5-3-4-6-23(18)15-8-19-12-20-9-15/h8-9,12H,3-7,10-11H2,1-2H3. The van der Waals surface area contributed by atoms with Crippen LogP contribution in [-0.2, 0) is 11.3 Å². The van der Waals surface area contributed by atoms with Crippen LogP contribution in [0.5, 0.6) is 0 Å². The van der Waals surface area contributed by atoms with Gasteiger partial charge in [-0.05, 0) is 33.1 Å². The molecule has 1 atom stereocenters. The average molecular weight is 341 g/mol. The fourth-order valence-electron chi connectivity index (χ4n) is 4.23. The Morgan fingerprint density at radius 2 is 2.04 bits per heavy atom. The van der Waals surface area contributed by atoms with Crippen molar-refractivity contribution in [2.75, 3.05) is 18.0 Å². The Balaban J connectivity index is 1.60. The molecule has 4 heterocycles. The van der Waals surface area contributed by atoms with Crippen LogP contribution in [0.3, 0.4) is 0 Å². The SMILES string of the molecule is Cc1noc(C)c1CN1CC2(CCCCN2c2cncnc2)CC1=O. The minimum absolute atomic E-state index is 0.154. The molecule has 0 saturated carbocycles. The minimum atomic E-state index is -0.154. The molecule has 25 heavy (non-hydrogen) atoms. The van der Waals surface area contributed by atoms with Crippen molar-refractivity contribution in [3.63, 3.8) is 0 Å². The van der Waals surface area contributed by atoms with Crippen molar-refractivity contribution in [3.05, 3.63) is 35.7 Å². The topological polar surface area (TPSA) is 75.4 Å². The zero-order valence-electron chi connectivity index (χ0n) is 14.7. The molecule has 1 amide bonds. The van der Waals surface area contributed by atoms with Gasteiger partial charge in [0.05, 0.1) is 42.3 Å². The van der Waals surface area contributed by atoms with Gasteiger partial charge in [0, 0.05) is 18.7 Å². The normalized spacial score (nSPS) is 23.7. The summed E-state index contributed by atoms with van der Waals surface area (Å²) >= 11 is 0. The van der Waals surface area contributed by atoms with E-state index in [4.69, 9.17) is 4.52 Å². The number of amides is 1. The van der Waals surface area contributed by atoms with Gasteiger partial charge in [0.15, 0.2) is 0 Å². The summed E-state index contributed by atoms with van der Waals surface area (Å²) in [6.45, 7) is 6.07. The summed E-state index contributed by atoms with van der Waals surface area (Å²) in [5.41, 5.74) is 2.74. The molecule has 7 heteroatoms. The molecular weight excluding hydrogens is 318 g/mol. The van der Waals surface area contributed by atoms with Crippen LogP contribution in [0.15, 0.2) is 23.2 Å². The summed E-state index contributed by atoms with van der Waals surface area (Å²) in [5, 5.41) is 4.01. The van der Waals surface area contributed by atoms with E-state index in [0.29, 0.717) is 13.0 Å². The molecule has 1 spiro atoms. The van der Waals surface area contributed by atoms with Crippen LogP contribution in [-0.4, -0.2) is 44.6 Å². The van der Waals surface area contributed by atoms with E-state index in [9.17, 15) is 4.79 Å². The maximum atomic E-state index is 12.8. The van der Waals surface area contributed by atoms with Gasteiger partial charge in [0.2, 0.25) is 5.91 Å². The molecule has 0 N–H and O–H groups in total. The largest absolute Gasteiger partial charge is 0.361 e. The van der Waals surface area contributed by atoms with Crippen LogP contribution in [0.2, 0.25) is 0 Å². The predicted molar refractivity (Wildman–Crippen MR) is 92.0 cm³/mol. The lowest BCUT2D eigenvalue weighted by Gasteiger charge is -2.45. The molecule has 2 aliphatic rings. The highest BCUT2D eigenvalue weighted by Crippen LogP contribution is 2.40. The number of piperidine rings is 1. The summed E-state index contributed by atoms with van der Waals surface area (Å²) in [5.74, 6) is 0.993. The predicted octanol–water partition coefficient (Wildman–Crippen LogP) is 2.24. The fraction of sp³-hybridized carbons (Fsp3) is 0.556. The van der Waals surface area contributed by atoms with E-state index in [1.165, 1.54) is 0 Å². The van der Waals surface area contributed by atoms with Gasteiger partial charge in [0.1, 0.15) is 12.1 Å². The summed E-state index contributed by atoms with van der Waals surface area (Å²) in [6.07, 6.45) is 9.09. The lowest BCUT2D eigenvalue weighted by atomic mass is 9.85. The molecule has 132 valence electrons. The van der Waals surface area contributed by atoms with Gasteiger partial charge in [-0.1, -0.05) is 5.16 Å². The Morgan fingerprint density at radius 3 is 2.76 bits per heavy atom. The van der Waals surface area contributed by atoms with Crippen LogP contribution in [0, 0.1) is 13.8 Å². The molecule has 2 aliphatic heterocycles. The molecule has 0 bridgehead atoms. The van der Waals surface area contributed by atoms with Crippen molar-refractivity contribution in [1.82, 2.24) is 20.0 Å². The Labute approximate surface area is 147 Å². The van der Waals surface area contributed by atoms with Gasteiger partial charge < -0.3 is 14.3 Å². The first-order valence-corrected chi connectivity index (χ1v) is 8.81. The van der Waals surface area contributed by atoms with Crippen LogP contribution in [0.1, 0.15) is 42.7 Å². The molecule has 1 unspecified atom stereocenters. The monoisotopic (exact) mass is 341 g/mol. The molecule has 2 aromatic heterocycles. The highest BCUT2D eigenvalue weighted by molar-refractivity contribution is 5.81.